The number of carbonyl (C=O) groups excluding carboxylic acids is 1. The fourth-order valence-electron chi connectivity index (χ4n) is 3.15. The second kappa shape index (κ2) is 6.76. The van der Waals surface area contributed by atoms with E-state index in [2.05, 4.69) is 15.3 Å². The Morgan fingerprint density at radius 1 is 1.36 bits per heavy atom. The van der Waals surface area contributed by atoms with E-state index in [0.717, 1.165) is 44.9 Å². The summed E-state index contributed by atoms with van der Waals surface area (Å²) in [4.78, 5) is 14.6. The zero-order chi connectivity index (χ0) is 15.4. The summed E-state index contributed by atoms with van der Waals surface area (Å²) in [5.74, 6) is -0.0114. The van der Waals surface area contributed by atoms with Crippen molar-refractivity contribution >= 4 is 5.91 Å². The van der Waals surface area contributed by atoms with Gasteiger partial charge < -0.3 is 14.8 Å². The first-order chi connectivity index (χ1) is 10.7. The van der Waals surface area contributed by atoms with Gasteiger partial charge in [0.05, 0.1) is 31.6 Å². The molecule has 2 aliphatic rings. The van der Waals surface area contributed by atoms with E-state index >= 15 is 0 Å². The third-order valence-electron chi connectivity index (χ3n) is 4.45. The molecular weight excluding hydrogens is 284 g/mol. The molecule has 0 radical (unpaired) electrons. The fraction of sp³-hybridized carbons (Fsp3) is 0.733. The summed E-state index contributed by atoms with van der Waals surface area (Å²) in [6, 6.07) is 0. The molecule has 3 heterocycles. The lowest BCUT2D eigenvalue weighted by Gasteiger charge is -2.42. The first-order valence-electron chi connectivity index (χ1n) is 7.84. The molecule has 7 nitrogen and oxygen atoms in total. The number of nitrogens with zero attached hydrogens (tertiary/aromatic N) is 3. The molecule has 0 aliphatic carbocycles. The zero-order valence-corrected chi connectivity index (χ0v) is 13.1. The van der Waals surface area contributed by atoms with Gasteiger partial charge in [0.15, 0.2) is 0 Å². The highest BCUT2D eigenvalue weighted by Gasteiger charge is 2.41. The van der Waals surface area contributed by atoms with Crippen molar-refractivity contribution in [2.24, 2.45) is 0 Å². The monoisotopic (exact) mass is 308 g/mol. The van der Waals surface area contributed by atoms with Crippen LogP contribution in [0.2, 0.25) is 0 Å². The van der Waals surface area contributed by atoms with Crippen LogP contribution in [0.4, 0.5) is 0 Å². The van der Waals surface area contributed by atoms with Gasteiger partial charge in [-0.1, -0.05) is 0 Å². The Labute approximate surface area is 130 Å². The van der Waals surface area contributed by atoms with Crippen LogP contribution in [-0.2, 0) is 20.8 Å². The van der Waals surface area contributed by atoms with Gasteiger partial charge in [0, 0.05) is 32.4 Å². The molecule has 0 spiro atoms. The molecule has 2 fully saturated rings. The SMILES string of the molecule is Cc1cnn(CC(=O)NC[C@]2(N3CCOCC3)CCOC2)c1. The minimum Gasteiger partial charge on any atom is -0.379 e. The molecule has 0 bridgehead atoms. The first-order valence-corrected chi connectivity index (χ1v) is 7.84. The molecule has 1 aromatic heterocycles. The van der Waals surface area contributed by atoms with E-state index in [1.807, 2.05) is 13.1 Å². The summed E-state index contributed by atoms with van der Waals surface area (Å²) in [6.07, 6.45) is 4.58. The normalized spacial score (nSPS) is 26.2. The van der Waals surface area contributed by atoms with Crippen LogP contribution in [0.15, 0.2) is 12.4 Å². The Kier molecular flexibility index (Phi) is 4.75. The predicted octanol–water partition coefficient (Wildman–Crippen LogP) is -0.201. The molecule has 2 aliphatic heterocycles. The summed E-state index contributed by atoms with van der Waals surface area (Å²) in [6.45, 7) is 7.57. The molecule has 1 amide bonds. The van der Waals surface area contributed by atoms with Crippen molar-refractivity contribution in [2.45, 2.75) is 25.4 Å². The van der Waals surface area contributed by atoms with Crippen LogP contribution < -0.4 is 5.32 Å². The summed E-state index contributed by atoms with van der Waals surface area (Å²) in [5.41, 5.74) is 0.973. The highest BCUT2D eigenvalue weighted by Crippen LogP contribution is 2.26. The van der Waals surface area contributed by atoms with Crippen molar-refractivity contribution in [3.05, 3.63) is 18.0 Å². The average molecular weight is 308 g/mol. The van der Waals surface area contributed by atoms with E-state index < -0.39 is 0 Å². The molecule has 0 aromatic carbocycles. The smallest absolute Gasteiger partial charge is 0.241 e. The summed E-state index contributed by atoms with van der Waals surface area (Å²) < 4.78 is 12.7. The highest BCUT2D eigenvalue weighted by molar-refractivity contribution is 5.75. The number of morpholine rings is 1. The highest BCUT2D eigenvalue weighted by atomic mass is 16.5. The number of hydrogen-bond donors (Lipinski definition) is 1. The summed E-state index contributed by atoms with van der Waals surface area (Å²) >= 11 is 0. The molecular formula is C15H24N4O3. The van der Waals surface area contributed by atoms with Gasteiger partial charge in [-0.3, -0.25) is 14.4 Å². The number of ether oxygens (including phenoxy) is 2. The number of aromatic nitrogens is 2. The van der Waals surface area contributed by atoms with E-state index in [9.17, 15) is 4.79 Å². The molecule has 1 N–H and O–H groups in total. The zero-order valence-electron chi connectivity index (χ0n) is 13.1. The number of hydrogen-bond acceptors (Lipinski definition) is 5. The van der Waals surface area contributed by atoms with Crippen LogP contribution in [0.5, 0.6) is 0 Å². The Hall–Kier alpha value is -1.44. The second-order valence-electron chi connectivity index (χ2n) is 6.12. The van der Waals surface area contributed by atoms with Gasteiger partial charge in [-0.05, 0) is 18.9 Å². The van der Waals surface area contributed by atoms with Crippen molar-refractivity contribution in [2.75, 3.05) is 46.1 Å². The van der Waals surface area contributed by atoms with Crippen molar-refractivity contribution in [1.82, 2.24) is 20.0 Å². The molecule has 3 rings (SSSR count). The number of amides is 1. The lowest BCUT2D eigenvalue weighted by molar-refractivity contribution is -0.122. The van der Waals surface area contributed by atoms with Crippen LogP contribution in [0.3, 0.4) is 0 Å². The van der Waals surface area contributed by atoms with Crippen molar-refractivity contribution in [3.8, 4) is 0 Å². The minimum atomic E-state index is -0.0839. The van der Waals surface area contributed by atoms with Crippen LogP contribution in [-0.4, -0.2) is 72.2 Å². The van der Waals surface area contributed by atoms with Crippen molar-refractivity contribution < 1.29 is 14.3 Å². The van der Waals surface area contributed by atoms with Crippen LogP contribution in [0, 0.1) is 6.92 Å². The van der Waals surface area contributed by atoms with E-state index in [1.165, 1.54) is 0 Å². The van der Waals surface area contributed by atoms with Crippen molar-refractivity contribution in [1.29, 1.82) is 0 Å². The number of aryl methyl sites for hydroxylation is 1. The van der Waals surface area contributed by atoms with Crippen LogP contribution in [0.25, 0.3) is 0 Å². The maximum absolute atomic E-state index is 12.1. The quantitative estimate of drug-likeness (QED) is 0.816. The lowest BCUT2D eigenvalue weighted by atomic mass is 9.95. The number of rotatable bonds is 5. The van der Waals surface area contributed by atoms with E-state index in [-0.39, 0.29) is 18.0 Å². The topological polar surface area (TPSA) is 68.6 Å². The summed E-state index contributed by atoms with van der Waals surface area (Å²) in [7, 11) is 0. The average Bonchev–Trinajstić information content (AvgIpc) is 3.16. The van der Waals surface area contributed by atoms with Gasteiger partial charge in [0.2, 0.25) is 5.91 Å². The van der Waals surface area contributed by atoms with Gasteiger partial charge in [0.25, 0.3) is 0 Å². The molecule has 1 aromatic rings. The number of nitrogens with one attached hydrogen (secondary N) is 1. The molecule has 0 unspecified atom stereocenters. The maximum atomic E-state index is 12.1. The lowest BCUT2D eigenvalue weighted by Crippen LogP contribution is -2.59. The minimum absolute atomic E-state index is 0.0114. The van der Waals surface area contributed by atoms with Crippen LogP contribution >= 0.6 is 0 Å². The molecule has 7 heteroatoms. The van der Waals surface area contributed by atoms with E-state index in [4.69, 9.17) is 9.47 Å². The van der Waals surface area contributed by atoms with Crippen LogP contribution in [0.1, 0.15) is 12.0 Å². The van der Waals surface area contributed by atoms with Gasteiger partial charge in [-0.25, -0.2) is 0 Å². The largest absolute Gasteiger partial charge is 0.379 e. The Morgan fingerprint density at radius 3 is 2.82 bits per heavy atom. The van der Waals surface area contributed by atoms with E-state index in [0.29, 0.717) is 13.2 Å². The number of carbonyl (C=O) groups is 1. The Balaban J connectivity index is 1.56. The van der Waals surface area contributed by atoms with Gasteiger partial charge >= 0.3 is 0 Å². The maximum Gasteiger partial charge on any atom is 0.241 e. The van der Waals surface area contributed by atoms with Gasteiger partial charge in [-0.15, -0.1) is 0 Å². The Bertz CT molecular complexity index is 505. The Morgan fingerprint density at radius 2 is 2.18 bits per heavy atom. The van der Waals surface area contributed by atoms with Crippen molar-refractivity contribution in [3.63, 3.8) is 0 Å². The fourth-order valence-corrected chi connectivity index (χ4v) is 3.15. The van der Waals surface area contributed by atoms with Gasteiger partial charge in [-0.2, -0.15) is 5.10 Å². The molecule has 22 heavy (non-hydrogen) atoms. The van der Waals surface area contributed by atoms with Gasteiger partial charge in [0.1, 0.15) is 6.54 Å². The third-order valence-corrected chi connectivity index (χ3v) is 4.45. The molecule has 122 valence electrons. The molecule has 1 atom stereocenters. The van der Waals surface area contributed by atoms with E-state index in [1.54, 1.807) is 10.9 Å². The standard InChI is InChI=1S/C15H24N4O3/c1-13-8-17-19(9-13)10-14(20)16-11-15(2-5-22-12-15)18-3-6-21-7-4-18/h8-9H,2-7,10-12H2,1H3,(H,16,20)/t15-/m1/s1. The first kappa shape index (κ1) is 15.5. The molecule has 2 saturated heterocycles. The second-order valence-corrected chi connectivity index (χ2v) is 6.12. The third kappa shape index (κ3) is 3.48. The predicted molar refractivity (Wildman–Crippen MR) is 80.5 cm³/mol. The molecule has 0 saturated carbocycles. The summed E-state index contributed by atoms with van der Waals surface area (Å²) in [5, 5.41) is 7.21.